The summed E-state index contributed by atoms with van der Waals surface area (Å²) in [7, 11) is 0. The molecule has 1 aliphatic rings. The van der Waals surface area contributed by atoms with Crippen LogP contribution in [0.4, 0.5) is 0 Å². The van der Waals surface area contributed by atoms with Gasteiger partial charge < -0.3 is 0 Å². The Labute approximate surface area is 86.9 Å². The fourth-order valence-corrected chi connectivity index (χ4v) is 1.48. The van der Waals surface area contributed by atoms with Gasteiger partial charge in [-0.15, -0.1) is 0 Å². The third kappa shape index (κ3) is 2.99. The highest BCUT2D eigenvalue weighted by Crippen LogP contribution is 2.19. The van der Waals surface area contributed by atoms with Gasteiger partial charge in [0.1, 0.15) is 0 Å². The molecule has 0 bridgehead atoms. The molecule has 1 aliphatic heterocycles. The molecular formula is C13H19N. The number of nitrogens with zero attached hydrogens (tertiary/aromatic N) is 1. The van der Waals surface area contributed by atoms with Crippen LogP contribution in [-0.2, 0) is 0 Å². The molecule has 1 heterocycles. The van der Waals surface area contributed by atoms with E-state index in [-0.39, 0.29) is 0 Å². The lowest BCUT2D eigenvalue weighted by Gasteiger charge is -2.06. The van der Waals surface area contributed by atoms with Gasteiger partial charge in [-0.25, -0.2) is 0 Å². The molecular weight excluding hydrogens is 170 g/mol. The van der Waals surface area contributed by atoms with Crippen molar-refractivity contribution in [3.63, 3.8) is 0 Å². The van der Waals surface area contributed by atoms with Crippen LogP contribution in [-0.4, -0.2) is 5.71 Å². The highest BCUT2D eigenvalue weighted by Gasteiger charge is 2.05. The Balaban J connectivity index is 2.75. The van der Waals surface area contributed by atoms with E-state index in [1.807, 2.05) is 6.20 Å². The SMILES string of the molecule is C/C=C\C(=C/C1=CN=C(C)C1)C(C)C. The smallest absolute Gasteiger partial charge is 0.0303 e. The Kier molecular flexibility index (Phi) is 3.87. The molecule has 0 radical (unpaired) electrons. The van der Waals surface area contributed by atoms with Gasteiger partial charge in [0.25, 0.3) is 0 Å². The molecule has 0 fully saturated rings. The topological polar surface area (TPSA) is 12.4 Å². The molecule has 0 unspecified atom stereocenters. The Bertz CT molecular complexity index is 314. The largest absolute Gasteiger partial charge is 0.265 e. The van der Waals surface area contributed by atoms with Crippen molar-refractivity contribution in [3.8, 4) is 0 Å². The van der Waals surface area contributed by atoms with Crippen molar-refractivity contribution < 1.29 is 0 Å². The Morgan fingerprint density at radius 2 is 2.21 bits per heavy atom. The van der Waals surface area contributed by atoms with E-state index >= 15 is 0 Å². The molecule has 0 aliphatic carbocycles. The Morgan fingerprint density at radius 1 is 1.50 bits per heavy atom. The minimum absolute atomic E-state index is 0.577. The van der Waals surface area contributed by atoms with E-state index in [0.29, 0.717) is 5.92 Å². The molecule has 0 spiro atoms. The summed E-state index contributed by atoms with van der Waals surface area (Å²) >= 11 is 0. The molecule has 0 N–H and O–H groups in total. The standard InChI is InChI=1S/C13H19N/c1-5-6-13(10(2)3)8-12-7-11(4)14-9-12/h5-6,8-10H,7H2,1-4H3/b6-5-,13-8+. The summed E-state index contributed by atoms with van der Waals surface area (Å²) in [5, 5.41) is 0. The highest BCUT2D eigenvalue weighted by atomic mass is 14.7. The lowest BCUT2D eigenvalue weighted by Crippen LogP contribution is -1.92. The van der Waals surface area contributed by atoms with Gasteiger partial charge in [0.15, 0.2) is 0 Å². The van der Waals surface area contributed by atoms with Crippen LogP contribution < -0.4 is 0 Å². The predicted molar refractivity (Wildman–Crippen MR) is 63.5 cm³/mol. The van der Waals surface area contributed by atoms with E-state index < -0.39 is 0 Å². The number of allylic oxidation sites excluding steroid dienone is 5. The first-order chi connectivity index (χ1) is 6.63. The van der Waals surface area contributed by atoms with Crippen LogP contribution in [0.3, 0.4) is 0 Å². The van der Waals surface area contributed by atoms with Crippen molar-refractivity contribution in [2.24, 2.45) is 10.9 Å². The summed E-state index contributed by atoms with van der Waals surface area (Å²) in [4.78, 5) is 4.28. The molecule has 1 nitrogen and oxygen atoms in total. The predicted octanol–water partition coefficient (Wildman–Crippen LogP) is 3.89. The first kappa shape index (κ1) is 11.0. The lowest BCUT2D eigenvalue weighted by molar-refractivity contribution is 0.790. The summed E-state index contributed by atoms with van der Waals surface area (Å²) in [5.41, 5.74) is 3.91. The van der Waals surface area contributed by atoms with Crippen molar-refractivity contribution in [3.05, 3.63) is 35.6 Å². The van der Waals surface area contributed by atoms with E-state index in [2.05, 4.69) is 50.9 Å². The van der Waals surface area contributed by atoms with Gasteiger partial charge in [-0.2, -0.15) is 0 Å². The summed E-state index contributed by atoms with van der Waals surface area (Å²) < 4.78 is 0. The highest BCUT2D eigenvalue weighted by molar-refractivity contribution is 5.87. The fourth-order valence-electron chi connectivity index (χ4n) is 1.48. The second kappa shape index (κ2) is 4.94. The molecule has 0 aromatic rings. The van der Waals surface area contributed by atoms with Crippen LogP contribution in [0.15, 0.2) is 40.6 Å². The Hall–Kier alpha value is -1.11. The first-order valence-corrected chi connectivity index (χ1v) is 5.20. The minimum Gasteiger partial charge on any atom is -0.265 e. The van der Waals surface area contributed by atoms with Gasteiger partial charge in [0.05, 0.1) is 0 Å². The molecule has 0 amide bonds. The maximum Gasteiger partial charge on any atom is 0.0303 e. The van der Waals surface area contributed by atoms with E-state index in [9.17, 15) is 0 Å². The number of hydrogen-bond donors (Lipinski definition) is 0. The molecule has 1 rings (SSSR count). The molecule has 0 atom stereocenters. The maximum atomic E-state index is 4.28. The van der Waals surface area contributed by atoms with Crippen molar-refractivity contribution in [2.75, 3.05) is 0 Å². The van der Waals surface area contributed by atoms with Crippen LogP contribution in [0, 0.1) is 5.92 Å². The zero-order valence-electron chi connectivity index (χ0n) is 9.54. The molecule has 76 valence electrons. The Morgan fingerprint density at radius 3 is 2.64 bits per heavy atom. The monoisotopic (exact) mass is 189 g/mol. The van der Waals surface area contributed by atoms with Gasteiger partial charge in [-0.05, 0) is 30.9 Å². The van der Waals surface area contributed by atoms with E-state index in [0.717, 1.165) is 6.42 Å². The summed E-state index contributed by atoms with van der Waals surface area (Å²) in [6.07, 6.45) is 9.51. The third-order valence-electron chi connectivity index (χ3n) is 2.29. The van der Waals surface area contributed by atoms with Gasteiger partial charge in [0, 0.05) is 18.3 Å². The van der Waals surface area contributed by atoms with Crippen LogP contribution in [0.1, 0.15) is 34.1 Å². The maximum absolute atomic E-state index is 4.28. The molecule has 0 aromatic carbocycles. The summed E-state index contributed by atoms with van der Waals surface area (Å²) in [6.45, 7) is 8.56. The fraction of sp³-hybridized carbons (Fsp3) is 0.462. The second-order valence-corrected chi connectivity index (χ2v) is 4.04. The molecule has 0 saturated carbocycles. The van der Waals surface area contributed by atoms with Crippen LogP contribution in [0.2, 0.25) is 0 Å². The van der Waals surface area contributed by atoms with Crippen LogP contribution in [0.25, 0.3) is 0 Å². The van der Waals surface area contributed by atoms with Gasteiger partial charge in [0.2, 0.25) is 0 Å². The number of aliphatic imine (C=N–C) groups is 1. The molecule has 0 aromatic heterocycles. The third-order valence-corrected chi connectivity index (χ3v) is 2.29. The van der Waals surface area contributed by atoms with Crippen molar-refractivity contribution in [1.29, 1.82) is 0 Å². The first-order valence-electron chi connectivity index (χ1n) is 5.20. The average molecular weight is 189 g/mol. The second-order valence-electron chi connectivity index (χ2n) is 4.04. The van der Waals surface area contributed by atoms with Crippen LogP contribution >= 0.6 is 0 Å². The average Bonchev–Trinajstić information content (AvgIpc) is 2.50. The molecule has 14 heavy (non-hydrogen) atoms. The molecule has 0 saturated heterocycles. The van der Waals surface area contributed by atoms with Gasteiger partial charge in [-0.1, -0.05) is 32.1 Å². The van der Waals surface area contributed by atoms with Crippen molar-refractivity contribution >= 4 is 5.71 Å². The zero-order chi connectivity index (χ0) is 10.6. The molecule has 1 heteroatoms. The minimum atomic E-state index is 0.577. The summed E-state index contributed by atoms with van der Waals surface area (Å²) in [5.74, 6) is 0.577. The van der Waals surface area contributed by atoms with Crippen molar-refractivity contribution in [2.45, 2.75) is 34.1 Å². The summed E-state index contributed by atoms with van der Waals surface area (Å²) in [6, 6.07) is 0. The van der Waals surface area contributed by atoms with Crippen molar-refractivity contribution in [1.82, 2.24) is 0 Å². The van der Waals surface area contributed by atoms with E-state index in [1.54, 1.807) is 0 Å². The van der Waals surface area contributed by atoms with E-state index in [1.165, 1.54) is 16.9 Å². The number of hydrogen-bond acceptors (Lipinski definition) is 1. The normalized spacial score (nSPS) is 17.9. The zero-order valence-corrected chi connectivity index (χ0v) is 9.54. The number of rotatable bonds is 3. The van der Waals surface area contributed by atoms with Crippen LogP contribution in [0.5, 0.6) is 0 Å². The van der Waals surface area contributed by atoms with E-state index in [4.69, 9.17) is 0 Å². The quantitative estimate of drug-likeness (QED) is 0.597. The van der Waals surface area contributed by atoms with Gasteiger partial charge in [-0.3, -0.25) is 4.99 Å². The lowest BCUT2D eigenvalue weighted by atomic mass is 9.99. The van der Waals surface area contributed by atoms with Gasteiger partial charge >= 0.3 is 0 Å².